The van der Waals surface area contributed by atoms with E-state index in [1.54, 1.807) is 0 Å². The van der Waals surface area contributed by atoms with Crippen LogP contribution in [0.25, 0.3) is 0 Å². The maximum atomic E-state index is 5.72. The first-order chi connectivity index (χ1) is 10.2. The van der Waals surface area contributed by atoms with Gasteiger partial charge >= 0.3 is 0 Å². The topological polar surface area (TPSA) is 30.9 Å². The van der Waals surface area contributed by atoms with Crippen LogP contribution in [-0.4, -0.2) is 64.2 Å². The quantitative estimate of drug-likeness (QED) is 0.519. The molecule has 1 heterocycles. The van der Waals surface area contributed by atoms with Crippen LogP contribution in [0.1, 0.15) is 40.0 Å². The largest absolute Gasteiger partial charge is 0.379 e. The van der Waals surface area contributed by atoms with Gasteiger partial charge in [0.2, 0.25) is 0 Å². The second kappa shape index (κ2) is 12.4. The predicted molar refractivity (Wildman–Crippen MR) is 86.8 cm³/mol. The highest BCUT2D eigenvalue weighted by molar-refractivity contribution is 4.70. The number of rotatable bonds is 12. The van der Waals surface area contributed by atoms with E-state index in [9.17, 15) is 0 Å². The average molecular weight is 301 g/mol. The third-order valence-corrected chi connectivity index (χ3v) is 4.09. The Morgan fingerprint density at radius 2 is 1.48 bits per heavy atom. The summed E-state index contributed by atoms with van der Waals surface area (Å²) in [5.74, 6) is 1.45. The Morgan fingerprint density at radius 1 is 0.905 bits per heavy atom. The summed E-state index contributed by atoms with van der Waals surface area (Å²) in [6.07, 6.45) is 3.68. The second-order valence-electron chi connectivity index (χ2n) is 6.36. The summed E-state index contributed by atoms with van der Waals surface area (Å²) in [5, 5.41) is 0. The molecule has 126 valence electrons. The van der Waals surface area contributed by atoms with Crippen LogP contribution in [-0.2, 0) is 14.2 Å². The van der Waals surface area contributed by atoms with Crippen LogP contribution in [0.2, 0.25) is 0 Å². The molecule has 0 amide bonds. The fourth-order valence-corrected chi connectivity index (χ4v) is 2.48. The summed E-state index contributed by atoms with van der Waals surface area (Å²) >= 11 is 0. The van der Waals surface area contributed by atoms with Crippen LogP contribution in [0, 0.1) is 11.8 Å². The van der Waals surface area contributed by atoms with Crippen LogP contribution in [0.4, 0.5) is 0 Å². The normalized spacial score (nSPS) is 17.7. The van der Waals surface area contributed by atoms with Gasteiger partial charge < -0.3 is 19.1 Å². The maximum Gasteiger partial charge on any atom is 0.0701 e. The van der Waals surface area contributed by atoms with Gasteiger partial charge in [-0.15, -0.1) is 0 Å². The number of likely N-dealkylation sites (tertiary alicyclic amines) is 1. The smallest absolute Gasteiger partial charge is 0.0701 e. The van der Waals surface area contributed by atoms with Crippen molar-refractivity contribution >= 4 is 0 Å². The molecule has 4 heteroatoms. The van der Waals surface area contributed by atoms with Gasteiger partial charge in [0.1, 0.15) is 0 Å². The average Bonchev–Trinajstić information content (AvgIpc) is 2.49. The zero-order chi connectivity index (χ0) is 15.3. The molecule has 0 atom stereocenters. The minimum atomic E-state index is 0.677. The Kier molecular flexibility index (Phi) is 11.1. The van der Waals surface area contributed by atoms with Crippen molar-refractivity contribution in [1.82, 2.24) is 4.90 Å². The number of nitrogens with zero attached hydrogens (tertiary/aromatic N) is 1. The molecule has 0 aromatic rings. The van der Waals surface area contributed by atoms with Crippen LogP contribution in [0.5, 0.6) is 0 Å². The maximum absolute atomic E-state index is 5.72. The molecule has 0 aromatic heterocycles. The number of hydrogen-bond acceptors (Lipinski definition) is 4. The molecule has 1 rings (SSSR count). The molecule has 0 bridgehead atoms. The molecule has 1 aliphatic heterocycles. The highest BCUT2D eigenvalue weighted by atomic mass is 16.5. The Bertz CT molecular complexity index is 228. The summed E-state index contributed by atoms with van der Waals surface area (Å²) in [7, 11) is 0. The van der Waals surface area contributed by atoms with E-state index in [0.29, 0.717) is 32.3 Å². The molecule has 0 radical (unpaired) electrons. The van der Waals surface area contributed by atoms with Gasteiger partial charge in [0.05, 0.1) is 26.4 Å². The van der Waals surface area contributed by atoms with E-state index in [1.807, 2.05) is 0 Å². The zero-order valence-corrected chi connectivity index (χ0v) is 14.3. The van der Waals surface area contributed by atoms with Crippen LogP contribution in [0.3, 0.4) is 0 Å². The first-order valence-corrected chi connectivity index (χ1v) is 8.68. The molecular weight excluding hydrogens is 266 g/mol. The van der Waals surface area contributed by atoms with Crippen molar-refractivity contribution in [2.75, 3.05) is 59.3 Å². The third-order valence-electron chi connectivity index (χ3n) is 4.09. The van der Waals surface area contributed by atoms with Gasteiger partial charge in [0.15, 0.2) is 0 Å². The fourth-order valence-electron chi connectivity index (χ4n) is 2.48. The van der Waals surface area contributed by atoms with E-state index in [2.05, 4.69) is 25.7 Å². The summed E-state index contributed by atoms with van der Waals surface area (Å²) in [6.45, 7) is 14.8. The molecule has 1 aliphatic rings. The first-order valence-electron chi connectivity index (χ1n) is 8.68. The Balaban J connectivity index is 1.79. The van der Waals surface area contributed by atoms with E-state index in [-0.39, 0.29) is 0 Å². The molecule has 21 heavy (non-hydrogen) atoms. The number of piperidine rings is 1. The Hall–Kier alpha value is -0.160. The highest BCUT2D eigenvalue weighted by Gasteiger charge is 2.17. The van der Waals surface area contributed by atoms with E-state index >= 15 is 0 Å². The van der Waals surface area contributed by atoms with E-state index in [4.69, 9.17) is 14.2 Å². The van der Waals surface area contributed by atoms with Crippen LogP contribution in [0.15, 0.2) is 0 Å². The predicted octanol–water partition coefficient (Wildman–Crippen LogP) is 2.81. The fraction of sp³-hybridized carbons (Fsp3) is 1.00. The third kappa shape index (κ3) is 10.2. The van der Waals surface area contributed by atoms with Gasteiger partial charge in [-0.3, -0.25) is 0 Å². The minimum absolute atomic E-state index is 0.677. The van der Waals surface area contributed by atoms with Gasteiger partial charge in [-0.1, -0.05) is 20.8 Å². The zero-order valence-electron chi connectivity index (χ0n) is 14.3. The van der Waals surface area contributed by atoms with Crippen molar-refractivity contribution < 1.29 is 14.2 Å². The van der Waals surface area contributed by atoms with Gasteiger partial charge in [0, 0.05) is 13.2 Å². The van der Waals surface area contributed by atoms with Gasteiger partial charge in [-0.25, -0.2) is 0 Å². The second-order valence-corrected chi connectivity index (χ2v) is 6.36. The summed E-state index contributed by atoms with van der Waals surface area (Å²) in [6, 6.07) is 0. The van der Waals surface area contributed by atoms with Crippen molar-refractivity contribution in [3.05, 3.63) is 0 Å². The molecule has 0 aliphatic carbocycles. The van der Waals surface area contributed by atoms with E-state index < -0.39 is 0 Å². The minimum Gasteiger partial charge on any atom is -0.379 e. The lowest BCUT2D eigenvalue weighted by atomic mass is 9.98. The van der Waals surface area contributed by atoms with Crippen molar-refractivity contribution in [1.29, 1.82) is 0 Å². The standard InChI is InChI=1S/C17H35NO3/c1-4-18-8-5-17(6-9-18)15-21-14-13-20-12-11-19-10-7-16(2)3/h16-17H,4-15H2,1-3H3. The molecule has 0 spiro atoms. The van der Waals surface area contributed by atoms with Crippen molar-refractivity contribution in [3.8, 4) is 0 Å². The molecule has 4 nitrogen and oxygen atoms in total. The van der Waals surface area contributed by atoms with Crippen LogP contribution >= 0.6 is 0 Å². The Morgan fingerprint density at radius 3 is 2.05 bits per heavy atom. The lowest BCUT2D eigenvalue weighted by Gasteiger charge is -2.30. The van der Waals surface area contributed by atoms with E-state index in [1.165, 1.54) is 32.5 Å². The van der Waals surface area contributed by atoms with Crippen molar-refractivity contribution in [3.63, 3.8) is 0 Å². The molecule has 0 N–H and O–H groups in total. The molecule has 1 saturated heterocycles. The molecule has 0 aromatic carbocycles. The summed E-state index contributed by atoms with van der Waals surface area (Å²) in [4.78, 5) is 2.51. The number of hydrogen-bond donors (Lipinski definition) is 0. The van der Waals surface area contributed by atoms with Crippen molar-refractivity contribution in [2.24, 2.45) is 11.8 Å². The molecular formula is C17H35NO3. The lowest BCUT2D eigenvalue weighted by molar-refractivity contribution is 0.000440. The van der Waals surface area contributed by atoms with Crippen LogP contribution < -0.4 is 0 Å². The molecule has 1 fully saturated rings. The highest BCUT2D eigenvalue weighted by Crippen LogP contribution is 2.16. The summed E-state index contributed by atoms with van der Waals surface area (Å²) in [5.41, 5.74) is 0. The van der Waals surface area contributed by atoms with Crippen molar-refractivity contribution in [2.45, 2.75) is 40.0 Å². The first kappa shape index (κ1) is 18.9. The molecule has 0 unspecified atom stereocenters. The van der Waals surface area contributed by atoms with E-state index in [0.717, 1.165) is 25.6 Å². The van der Waals surface area contributed by atoms with Gasteiger partial charge in [0.25, 0.3) is 0 Å². The van der Waals surface area contributed by atoms with Gasteiger partial charge in [-0.05, 0) is 50.7 Å². The molecule has 0 saturated carbocycles. The SMILES string of the molecule is CCN1CCC(COCCOCCOCCC(C)C)CC1. The van der Waals surface area contributed by atoms with Gasteiger partial charge in [-0.2, -0.15) is 0 Å². The lowest BCUT2D eigenvalue weighted by Crippen LogP contribution is -2.34. The monoisotopic (exact) mass is 301 g/mol. The number of ether oxygens (including phenoxy) is 3. The Labute approximate surface area is 131 Å². The summed E-state index contributed by atoms with van der Waals surface area (Å²) < 4.78 is 16.7.